The van der Waals surface area contributed by atoms with E-state index in [2.05, 4.69) is 41.2 Å². The summed E-state index contributed by atoms with van der Waals surface area (Å²) in [7, 11) is 0. The zero-order valence-corrected chi connectivity index (χ0v) is 16.3. The van der Waals surface area contributed by atoms with E-state index in [0.717, 1.165) is 34.3 Å². The van der Waals surface area contributed by atoms with E-state index in [9.17, 15) is 0 Å². The number of hydrogen-bond acceptors (Lipinski definition) is 2. The van der Waals surface area contributed by atoms with Gasteiger partial charge in [0.2, 0.25) is 0 Å². The Kier molecular flexibility index (Phi) is 7.22. The predicted octanol–water partition coefficient (Wildman–Crippen LogP) is 6.22. The number of rotatable bonds is 7. The summed E-state index contributed by atoms with van der Waals surface area (Å²) >= 11 is 15.6. The van der Waals surface area contributed by atoms with Crippen LogP contribution in [-0.2, 0) is 13.2 Å². The normalized spacial score (nSPS) is 12.2. The van der Waals surface area contributed by atoms with Gasteiger partial charge in [-0.2, -0.15) is 0 Å². The van der Waals surface area contributed by atoms with Gasteiger partial charge in [-0.25, -0.2) is 0 Å². The van der Waals surface area contributed by atoms with Crippen LogP contribution >= 0.6 is 39.1 Å². The first-order valence-corrected chi connectivity index (χ1v) is 9.13. The summed E-state index contributed by atoms with van der Waals surface area (Å²) < 4.78 is 7.01. The lowest BCUT2D eigenvalue weighted by molar-refractivity contribution is 0.301. The van der Waals surface area contributed by atoms with Gasteiger partial charge in [0.05, 0.1) is 0 Å². The number of nitrogens with one attached hydrogen (secondary N) is 1. The van der Waals surface area contributed by atoms with E-state index in [1.54, 1.807) is 6.07 Å². The Labute approximate surface area is 156 Å². The van der Waals surface area contributed by atoms with Gasteiger partial charge in [0.15, 0.2) is 0 Å². The van der Waals surface area contributed by atoms with E-state index >= 15 is 0 Å². The summed E-state index contributed by atoms with van der Waals surface area (Å²) in [6.45, 7) is 5.51. The Morgan fingerprint density at radius 1 is 1.13 bits per heavy atom. The van der Waals surface area contributed by atoms with Crippen LogP contribution in [-0.4, -0.2) is 6.04 Å². The zero-order valence-electron chi connectivity index (χ0n) is 13.2. The highest BCUT2D eigenvalue weighted by Gasteiger charge is 2.08. The molecular weight excluding hydrogens is 397 g/mol. The summed E-state index contributed by atoms with van der Waals surface area (Å²) in [6, 6.07) is 11.9. The zero-order chi connectivity index (χ0) is 16.8. The molecular formula is C18H20BrCl2NO. The lowest BCUT2D eigenvalue weighted by Crippen LogP contribution is -2.24. The van der Waals surface area contributed by atoms with Crippen LogP contribution in [0.25, 0.3) is 0 Å². The van der Waals surface area contributed by atoms with E-state index in [1.807, 2.05) is 24.3 Å². The van der Waals surface area contributed by atoms with Crippen molar-refractivity contribution >= 4 is 39.1 Å². The largest absolute Gasteiger partial charge is 0.489 e. The highest BCUT2D eigenvalue weighted by molar-refractivity contribution is 9.10. The summed E-state index contributed by atoms with van der Waals surface area (Å²) in [5.74, 6) is 0.856. The van der Waals surface area contributed by atoms with Crippen molar-refractivity contribution in [1.82, 2.24) is 5.32 Å². The second-order valence-electron chi connectivity index (χ2n) is 5.47. The smallest absolute Gasteiger partial charge is 0.124 e. The first-order chi connectivity index (χ1) is 11.0. The molecule has 1 atom stereocenters. The maximum atomic E-state index is 6.20. The van der Waals surface area contributed by atoms with Crippen molar-refractivity contribution in [2.24, 2.45) is 0 Å². The van der Waals surface area contributed by atoms with Crippen LogP contribution in [0.1, 0.15) is 31.4 Å². The standard InChI is InChI=1S/C18H20BrCl2NO/c1-3-12(2)22-10-14-8-15(19)5-7-18(14)23-11-13-4-6-16(20)9-17(13)21/h4-9,12,22H,3,10-11H2,1-2H3. The van der Waals surface area contributed by atoms with Gasteiger partial charge in [0, 0.05) is 38.2 Å². The van der Waals surface area contributed by atoms with Crippen LogP contribution in [0.3, 0.4) is 0 Å². The average Bonchev–Trinajstić information content (AvgIpc) is 2.53. The Bertz CT molecular complexity index is 663. The van der Waals surface area contributed by atoms with Gasteiger partial charge in [-0.05, 0) is 43.7 Å². The molecule has 0 aromatic heterocycles. The molecule has 0 amide bonds. The molecule has 0 bridgehead atoms. The molecule has 2 aromatic rings. The maximum Gasteiger partial charge on any atom is 0.124 e. The van der Waals surface area contributed by atoms with Gasteiger partial charge in [-0.15, -0.1) is 0 Å². The molecule has 0 heterocycles. The molecule has 2 nitrogen and oxygen atoms in total. The van der Waals surface area contributed by atoms with E-state index in [-0.39, 0.29) is 0 Å². The number of benzene rings is 2. The van der Waals surface area contributed by atoms with Gasteiger partial charge < -0.3 is 10.1 Å². The average molecular weight is 417 g/mol. The molecule has 5 heteroatoms. The Hall–Kier alpha value is -0.740. The van der Waals surface area contributed by atoms with Gasteiger partial charge in [0.25, 0.3) is 0 Å². The molecule has 124 valence electrons. The molecule has 0 radical (unpaired) electrons. The van der Waals surface area contributed by atoms with Crippen molar-refractivity contribution < 1.29 is 4.74 Å². The third-order valence-electron chi connectivity index (χ3n) is 3.67. The van der Waals surface area contributed by atoms with Crippen LogP contribution in [0.2, 0.25) is 10.0 Å². The SMILES string of the molecule is CCC(C)NCc1cc(Br)ccc1OCc1ccc(Cl)cc1Cl. The highest BCUT2D eigenvalue weighted by Crippen LogP contribution is 2.26. The topological polar surface area (TPSA) is 21.3 Å². The summed E-state index contributed by atoms with van der Waals surface area (Å²) in [6.07, 6.45) is 1.09. The first kappa shape index (κ1) is 18.6. The molecule has 2 rings (SSSR count). The second-order valence-corrected chi connectivity index (χ2v) is 7.23. The lowest BCUT2D eigenvalue weighted by Gasteiger charge is -2.16. The van der Waals surface area contributed by atoms with Crippen molar-refractivity contribution in [3.8, 4) is 5.75 Å². The Morgan fingerprint density at radius 3 is 2.61 bits per heavy atom. The number of ether oxygens (including phenoxy) is 1. The fourth-order valence-corrected chi connectivity index (χ4v) is 2.92. The minimum absolute atomic E-state index is 0.411. The molecule has 2 aromatic carbocycles. The molecule has 1 N–H and O–H groups in total. The maximum absolute atomic E-state index is 6.20. The van der Waals surface area contributed by atoms with Crippen molar-refractivity contribution in [2.45, 2.75) is 39.5 Å². The Morgan fingerprint density at radius 2 is 1.91 bits per heavy atom. The van der Waals surface area contributed by atoms with Gasteiger partial charge >= 0.3 is 0 Å². The quantitative estimate of drug-likeness (QED) is 0.578. The van der Waals surface area contributed by atoms with Crippen molar-refractivity contribution in [3.63, 3.8) is 0 Å². The van der Waals surface area contributed by atoms with Gasteiger partial charge in [-0.3, -0.25) is 0 Å². The molecule has 0 saturated carbocycles. The van der Waals surface area contributed by atoms with Crippen LogP contribution in [0.15, 0.2) is 40.9 Å². The monoisotopic (exact) mass is 415 g/mol. The lowest BCUT2D eigenvalue weighted by atomic mass is 10.1. The Balaban J connectivity index is 2.09. The van der Waals surface area contributed by atoms with Crippen molar-refractivity contribution in [2.75, 3.05) is 0 Å². The summed E-state index contributed by atoms with van der Waals surface area (Å²) in [5, 5.41) is 4.73. The highest BCUT2D eigenvalue weighted by atomic mass is 79.9. The molecule has 23 heavy (non-hydrogen) atoms. The molecule has 0 aliphatic heterocycles. The van der Waals surface area contributed by atoms with E-state index in [1.165, 1.54) is 0 Å². The van der Waals surface area contributed by atoms with Gasteiger partial charge in [0.1, 0.15) is 12.4 Å². The van der Waals surface area contributed by atoms with Gasteiger partial charge in [-0.1, -0.05) is 52.1 Å². The number of halogens is 3. The molecule has 0 aliphatic carbocycles. The minimum Gasteiger partial charge on any atom is -0.489 e. The number of hydrogen-bond donors (Lipinski definition) is 1. The third-order valence-corrected chi connectivity index (χ3v) is 4.75. The van der Waals surface area contributed by atoms with E-state index < -0.39 is 0 Å². The molecule has 0 spiro atoms. The van der Waals surface area contributed by atoms with Crippen LogP contribution in [0.4, 0.5) is 0 Å². The predicted molar refractivity (Wildman–Crippen MR) is 102 cm³/mol. The summed E-state index contributed by atoms with van der Waals surface area (Å²) in [5.41, 5.74) is 2.03. The third kappa shape index (κ3) is 5.68. The minimum atomic E-state index is 0.411. The molecule has 0 aliphatic rings. The molecule has 0 fully saturated rings. The van der Waals surface area contributed by atoms with E-state index in [4.69, 9.17) is 27.9 Å². The fraction of sp³-hybridized carbons (Fsp3) is 0.333. The van der Waals surface area contributed by atoms with E-state index in [0.29, 0.717) is 22.7 Å². The summed E-state index contributed by atoms with van der Waals surface area (Å²) in [4.78, 5) is 0. The fourth-order valence-electron chi connectivity index (χ4n) is 2.05. The van der Waals surface area contributed by atoms with Crippen LogP contribution < -0.4 is 10.1 Å². The first-order valence-electron chi connectivity index (χ1n) is 7.58. The molecule has 1 unspecified atom stereocenters. The second kappa shape index (κ2) is 8.93. The van der Waals surface area contributed by atoms with Crippen LogP contribution in [0, 0.1) is 0 Å². The van der Waals surface area contributed by atoms with Crippen molar-refractivity contribution in [3.05, 3.63) is 62.0 Å². The van der Waals surface area contributed by atoms with Crippen LogP contribution in [0.5, 0.6) is 5.75 Å². The van der Waals surface area contributed by atoms with Crippen molar-refractivity contribution in [1.29, 1.82) is 0 Å². The molecule has 0 saturated heterocycles.